The third-order valence-corrected chi connectivity index (χ3v) is 12.0. The fraction of sp³-hybridized carbons (Fsp3) is 0. The van der Waals surface area contributed by atoms with Crippen molar-refractivity contribution in [3.8, 4) is 39.6 Å². The molecule has 9 rings (SSSR count). The lowest BCUT2D eigenvalue weighted by molar-refractivity contribution is 0.593. The number of para-hydroxylation sites is 1. The maximum absolute atomic E-state index is 15.7. The van der Waals surface area contributed by atoms with E-state index in [1.165, 1.54) is 0 Å². The second-order valence-corrected chi connectivity index (χ2v) is 14.0. The summed E-state index contributed by atoms with van der Waals surface area (Å²) in [5.74, 6) is 1.42. The fourth-order valence-corrected chi connectivity index (χ4v) is 10.1. The van der Waals surface area contributed by atoms with Gasteiger partial charge in [-0.25, -0.2) is 9.97 Å². The van der Waals surface area contributed by atoms with Crippen molar-refractivity contribution in [3.63, 3.8) is 0 Å². The van der Waals surface area contributed by atoms with Crippen LogP contribution in [0.3, 0.4) is 0 Å². The van der Waals surface area contributed by atoms with Gasteiger partial charge in [0, 0.05) is 43.9 Å². The molecule has 0 amide bonds. The summed E-state index contributed by atoms with van der Waals surface area (Å²) in [6.45, 7) is 0. The van der Waals surface area contributed by atoms with E-state index >= 15 is 4.57 Å². The number of benzene rings is 6. The van der Waals surface area contributed by atoms with E-state index in [0.717, 1.165) is 71.5 Å². The van der Waals surface area contributed by atoms with Gasteiger partial charge in [-0.2, -0.15) is 0 Å². The summed E-state index contributed by atoms with van der Waals surface area (Å²) in [7, 11) is -3.19. The Morgan fingerprint density at radius 1 is 0.533 bits per heavy atom. The Labute approximate surface area is 260 Å². The Bertz CT molecular complexity index is 2390. The average molecular weight is 596 g/mol. The highest BCUT2D eigenvalue weighted by molar-refractivity contribution is 7.86. The van der Waals surface area contributed by atoms with Crippen LogP contribution in [0.15, 0.2) is 158 Å². The van der Waals surface area contributed by atoms with E-state index < -0.39 is 7.14 Å². The van der Waals surface area contributed by atoms with Crippen molar-refractivity contribution >= 4 is 44.9 Å². The van der Waals surface area contributed by atoms with Crippen LogP contribution in [0.25, 0.3) is 61.4 Å². The van der Waals surface area contributed by atoms with E-state index in [0.29, 0.717) is 5.82 Å². The molecule has 5 heteroatoms. The van der Waals surface area contributed by atoms with Crippen molar-refractivity contribution < 1.29 is 4.57 Å². The van der Waals surface area contributed by atoms with Gasteiger partial charge in [-0.3, -0.25) is 4.57 Å². The molecule has 2 aromatic heterocycles. The van der Waals surface area contributed by atoms with Gasteiger partial charge in [0.2, 0.25) is 0 Å². The Kier molecular flexibility index (Phi) is 5.74. The van der Waals surface area contributed by atoms with Gasteiger partial charge in [0.05, 0.1) is 16.7 Å². The highest BCUT2D eigenvalue weighted by Crippen LogP contribution is 2.55. The first-order valence-electron chi connectivity index (χ1n) is 15.0. The molecular formula is C40H26N3OP. The highest BCUT2D eigenvalue weighted by atomic mass is 31.2. The molecule has 0 saturated heterocycles. The van der Waals surface area contributed by atoms with Crippen molar-refractivity contribution in [1.82, 2.24) is 14.5 Å². The molecule has 1 atom stereocenters. The maximum atomic E-state index is 15.7. The zero-order valence-corrected chi connectivity index (χ0v) is 25.1. The lowest BCUT2D eigenvalue weighted by atomic mass is 10.0. The summed E-state index contributed by atoms with van der Waals surface area (Å²) >= 11 is 0. The second kappa shape index (κ2) is 9.99. The Balaban J connectivity index is 1.40. The molecule has 0 aliphatic carbocycles. The minimum absolute atomic E-state index is 0.654. The first kappa shape index (κ1) is 25.9. The topological polar surface area (TPSA) is 47.8 Å². The van der Waals surface area contributed by atoms with Crippen LogP contribution in [-0.4, -0.2) is 14.5 Å². The average Bonchev–Trinajstić information content (AvgIpc) is 3.59. The normalized spacial score (nSPS) is 15.3. The molecule has 6 aromatic carbocycles. The number of nitrogens with zero attached hydrogens (tertiary/aromatic N) is 3. The van der Waals surface area contributed by atoms with Gasteiger partial charge >= 0.3 is 0 Å². The van der Waals surface area contributed by atoms with E-state index in [4.69, 9.17) is 9.97 Å². The van der Waals surface area contributed by atoms with Crippen LogP contribution in [0.5, 0.6) is 0 Å². The zero-order chi connectivity index (χ0) is 30.0. The molecule has 0 N–H and O–H groups in total. The molecular weight excluding hydrogens is 569 g/mol. The van der Waals surface area contributed by atoms with Crippen molar-refractivity contribution in [3.05, 3.63) is 158 Å². The minimum atomic E-state index is -3.19. The molecule has 1 aliphatic rings. The van der Waals surface area contributed by atoms with Gasteiger partial charge in [0.1, 0.15) is 5.82 Å². The molecule has 0 radical (unpaired) electrons. The number of hydrogen-bond acceptors (Lipinski definition) is 3. The van der Waals surface area contributed by atoms with Crippen LogP contribution in [-0.2, 0) is 4.57 Å². The van der Waals surface area contributed by atoms with Crippen LogP contribution < -0.4 is 15.9 Å². The molecule has 8 aromatic rings. The molecule has 4 nitrogen and oxygen atoms in total. The van der Waals surface area contributed by atoms with Gasteiger partial charge < -0.3 is 4.57 Å². The largest absolute Gasteiger partial charge is 0.309 e. The number of rotatable bonds is 4. The number of fused-ring (bicyclic) bond motifs is 7. The molecule has 3 heterocycles. The van der Waals surface area contributed by atoms with Crippen molar-refractivity contribution in [2.45, 2.75) is 0 Å². The minimum Gasteiger partial charge on any atom is -0.309 e. The van der Waals surface area contributed by atoms with E-state index in [1.54, 1.807) is 0 Å². The van der Waals surface area contributed by atoms with Gasteiger partial charge in [0.15, 0.2) is 13.0 Å². The first-order valence-corrected chi connectivity index (χ1v) is 16.8. The molecule has 0 spiro atoms. The molecule has 0 fully saturated rings. The molecule has 1 unspecified atom stereocenters. The fourth-order valence-electron chi connectivity index (χ4n) is 6.86. The van der Waals surface area contributed by atoms with E-state index in [-0.39, 0.29) is 0 Å². The highest BCUT2D eigenvalue weighted by Gasteiger charge is 2.42. The first-order chi connectivity index (χ1) is 22.2. The Morgan fingerprint density at radius 2 is 1.18 bits per heavy atom. The third kappa shape index (κ3) is 3.83. The van der Waals surface area contributed by atoms with Gasteiger partial charge in [-0.1, -0.05) is 140 Å². The second-order valence-electron chi connectivity index (χ2n) is 11.3. The van der Waals surface area contributed by atoms with Crippen LogP contribution in [0.1, 0.15) is 0 Å². The summed E-state index contributed by atoms with van der Waals surface area (Å²) in [5, 5.41) is 4.71. The quantitative estimate of drug-likeness (QED) is 0.192. The molecule has 0 saturated carbocycles. The molecule has 1 aliphatic heterocycles. The summed E-state index contributed by atoms with van der Waals surface area (Å²) in [4.78, 5) is 10.2. The number of aromatic nitrogens is 3. The van der Waals surface area contributed by atoms with Crippen LogP contribution in [0, 0.1) is 0 Å². The smallest absolute Gasteiger partial charge is 0.172 e. The Morgan fingerprint density at radius 3 is 1.96 bits per heavy atom. The summed E-state index contributed by atoms with van der Waals surface area (Å²) in [6, 6.07) is 53.2. The van der Waals surface area contributed by atoms with Gasteiger partial charge in [-0.15, -0.1) is 0 Å². The lowest BCUT2D eigenvalue weighted by Gasteiger charge is -2.17. The predicted molar refractivity (Wildman–Crippen MR) is 186 cm³/mol. The zero-order valence-electron chi connectivity index (χ0n) is 24.2. The standard InChI is InChI=1S/C40H26N3OP/c44-45(29-18-8-3-9-19-29)36-23-13-11-20-30(36)31-24-25-35-38(39(31)45)32-21-10-12-22-34(32)43(35)37-26-33(27-14-4-1-5-15-27)41-40(42-37)28-16-6-2-7-17-28/h1-26H. The van der Waals surface area contributed by atoms with Crippen molar-refractivity contribution in [1.29, 1.82) is 0 Å². The summed E-state index contributed by atoms with van der Waals surface area (Å²) in [5.41, 5.74) is 6.85. The predicted octanol–water partition coefficient (Wildman–Crippen LogP) is 8.53. The van der Waals surface area contributed by atoms with E-state index in [9.17, 15) is 0 Å². The summed E-state index contributed by atoms with van der Waals surface area (Å²) < 4.78 is 17.9. The molecule has 45 heavy (non-hydrogen) atoms. The van der Waals surface area contributed by atoms with Crippen LogP contribution in [0.4, 0.5) is 0 Å². The third-order valence-electron chi connectivity index (χ3n) is 8.82. The summed E-state index contributed by atoms with van der Waals surface area (Å²) in [6.07, 6.45) is 0. The monoisotopic (exact) mass is 595 g/mol. The number of hydrogen-bond donors (Lipinski definition) is 0. The van der Waals surface area contributed by atoms with E-state index in [2.05, 4.69) is 65.2 Å². The lowest BCUT2D eigenvalue weighted by Crippen LogP contribution is -2.21. The molecule has 0 bridgehead atoms. The van der Waals surface area contributed by atoms with Gasteiger partial charge in [-0.05, 0) is 23.3 Å². The van der Waals surface area contributed by atoms with Gasteiger partial charge in [0.25, 0.3) is 0 Å². The SMILES string of the molecule is O=P1(c2ccccc2)c2ccccc2-c2ccc3c(c21)c1ccccc1n3-c1cc(-c2ccccc2)nc(-c2ccccc2)n1. The Hall–Kier alpha value is -5.57. The van der Waals surface area contributed by atoms with E-state index in [1.807, 2.05) is 97.1 Å². The van der Waals surface area contributed by atoms with Crippen LogP contribution >= 0.6 is 7.14 Å². The van der Waals surface area contributed by atoms with Crippen molar-refractivity contribution in [2.24, 2.45) is 0 Å². The van der Waals surface area contributed by atoms with Crippen molar-refractivity contribution in [2.75, 3.05) is 0 Å². The maximum Gasteiger partial charge on any atom is 0.172 e. The molecule has 212 valence electrons. The van der Waals surface area contributed by atoms with Crippen LogP contribution in [0.2, 0.25) is 0 Å².